The fourth-order valence-electron chi connectivity index (χ4n) is 2.71. The van der Waals surface area contributed by atoms with Crippen LogP contribution in [0, 0.1) is 0 Å². The van der Waals surface area contributed by atoms with Crippen LogP contribution < -0.4 is 28.4 Å². The zero-order valence-corrected chi connectivity index (χ0v) is 20.3. The van der Waals surface area contributed by atoms with E-state index in [9.17, 15) is 21.6 Å². The average molecular weight is 517 g/mol. The third-order valence-corrected chi connectivity index (χ3v) is 6.75. The molecule has 0 atom stereocenters. The van der Waals surface area contributed by atoms with Gasteiger partial charge in [-0.1, -0.05) is 0 Å². The molecule has 0 amide bonds. The van der Waals surface area contributed by atoms with Crippen LogP contribution >= 0.6 is 0 Å². The van der Waals surface area contributed by atoms with Gasteiger partial charge >= 0.3 is 5.97 Å². The number of aliphatic carboxylic acids is 1. The number of hydrogen-bond acceptors (Lipinski definition) is 9. The van der Waals surface area contributed by atoms with Crippen molar-refractivity contribution >= 4 is 37.8 Å². The van der Waals surface area contributed by atoms with Crippen LogP contribution in [0.1, 0.15) is 5.56 Å². The van der Waals surface area contributed by atoms with Gasteiger partial charge in [-0.15, -0.1) is 0 Å². The first kappa shape index (κ1) is 26.8. The Bertz CT molecular complexity index is 1260. The largest absolute Gasteiger partial charge is 0.497 e. The van der Waals surface area contributed by atoms with Crippen molar-refractivity contribution in [3.05, 3.63) is 41.3 Å². The molecule has 2 aromatic carbocycles. The summed E-state index contributed by atoms with van der Waals surface area (Å²) in [4.78, 5) is 10.3. The molecular weight excluding hydrogens is 492 g/mol. The maximum atomic E-state index is 12.8. The number of rotatable bonds is 12. The van der Waals surface area contributed by atoms with Crippen molar-refractivity contribution in [2.75, 3.05) is 39.7 Å². The van der Waals surface area contributed by atoms with Gasteiger partial charge in [0, 0.05) is 18.2 Å². The van der Waals surface area contributed by atoms with Gasteiger partial charge in [0.1, 0.15) is 34.4 Å². The van der Waals surface area contributed by atoms with Crippen LogP contribution in [0.5, 0.6) is 23.0 Å². The van der Waals surface area contributed by atoms with Gasteiger partial charge in [-0.3, -0.25) is 9.52 Å². The molecule has 3 N–H and O–H groups in total. The summed E-state index contributed by atoms with van der Waals surface area (Å²) in [6.07, 6.45) is 1.21. The summed E-state index contributed by atoms with van der Waals surface area (Å²) >= 11 is 0. The summed E-state index contributed by atoms with van der Waals surface area (Å²) < 4.78 is 75.4. The number of carboxylic acid groups (broad SMARTS) is 1. The highest BCUT2D eigenvalue weighted by Crippen LogP contribution is 2.35. The maximum Gasteiger partial charge on any atom is 0.318 e. The van der Waals surface area contributed by atoms with Crippen molar-refractivity contribution in [3.63, 3.8) is 0 Å². The molecule has 0 aliphatic carbocycles. The molecule has 0 bridgehead atoms. The molecule has 0 saturated heterocycles. The zero-order chi connectivity index (χ0) is 25.5. The van der Waals surface area contributed by atoms with Gasteiger partial charge in [0.25, 0.3) is 10.0 Å². The Labute approximate surface area is 197 Å². The average Bonchev–Trinajstić information content (AvgIpc) is 2.80. The highest BCUT2D eigenvalue weighted by Gasteiger charge is 2.23. The molecule has 0 radical (unpaired) electrons. The predicted octanol–water partition coefficient (Wildman–Crippen LogP) is 1.50. The second-order valence-corrected chi connectivity index (χ2v) is 9.78. The van der Waals surface area contributed by atoms with Crippen molar-refractivity contribution in [1.29, 1.82) is 0 Å². The van der Waals surface area contributed by atoms with Gasteiger partial charge in [-0.05, 0) is 18.2 Å². The molecule has 0 saturated carbocycles. The number of carboxylic acids is 1. The summed E-state index contributed by atoms with van der Waals surface area (Å²) in [5.74, 6) is -0.337. The highest BCUT2D eigenvalue weighted by molar-refractivity contribution is 7.95. The van der Waals surface area contributed by atoms with Gasteiger partial charge in [0.15, 0.2) is 0 Å². The number of ether oxygens (including phenoxy) is 4. The van der Waals surface area contributed by atoms with Crippen LogP contribution in [0.2, 0.25) is 0 Å². The van der Waals surface area contributed by atoms with Gasteiger partial charge in [-0.25, -0.2) is 16.8 Å². The lowest BCUT2D eigenvalue weighted by Gasteiger charge is -2.14. The van der Waals surface area contributed by atoms with Crippen molar-refractivity contribution in [2.45, 2.75) is 4.90 Å². The van der Waals surface area contributed by atoms with Gasteiger partial charge < -0.3 is 24.1 Å². The zero-order valence-electron chi connectivity index (χ0n) is 18.7. The van der Waals surface area contributed by atoms with Crippen LogP contribution in [0.4, 0.5) is 5.69 Å². The molecule has 2 rings (SSSR count). The molecule has 0 spiro atoms. The van der Waals surface area contributed by atoms with E-state index in [1.807, 2.05) is 4.72 Å². The maximum absolute atomic E-state index is 12.8. The van der Waals surface area contributed by atoms with E-state index < -0.39 is 37.5 Å². The SMILES string of the molecule is COc1cc(OC)c(C=CS(=O)(=O)Nc2ccc(OC)cc2S(=O)(=O)NCC(=O)O)c(OC)c1. The monoisotopic (exact) mass is 516 g/mol. The molecular formula is C20H24N2O10S2. The van der Waals surface area contributed by atoms with E-state index in [0.717, 1.165) is 11.5 Å². The Morgan fingerprint density at radius 3 is 2.00 bits per heavy atom. The summed E-state index contributed by atoms with van der Waals surface area (Å²) in [5.41, 5.74) is -0.0288. The van der Waals surface area contributed by atoms with E-state index in [1.54, 1.807) is 0 Å². The standard InChI is InChI=1S/C20H24N2O10S2/c1-29-13-5-6-16(19(11-13)34(27,28)21-12-20(23)24)22-33(25,26)8-7-15-17(31-3)9-14(30-2)10-18(15)32-4/h5-11,21-22H,12H2,1-4H3,(H,23,24). The Hall–Kier alpha value is -3.49. The van der Waals surface area contributed by atoms with Crippen molar-refractivity contribution in [2.24, 2.45) is 0 Å². The molecule has 0 fully saturated rings. The molecule has 2 aromatic rings. The summed E-state index contributed by atoms with van der Waals surface area (Å²) in [6, 6.07) is 6.64. The molecule has 186 valence electrons. The molecule has 34 heavy (non-hydrogen) atoms. The van der Waals surface area contributed by atoms with E-state index in [4.69, 9.17) is 24.1 Å². The first-order chi connectivity index (χ1) is 16.0. The number of sulfonamides is 2. The van der Waals surface area contributed by atoms with Crippen molar-refractivity contribution in [1.82, 2.24) is 4.72 Å². The highest BCUT2D eigenvalue weighted by atomic mass is 32.2. The number of hydrogen-bond donors (Lipinski definition) is 3. The van der Waals surface area contributed by atoms with Gasteiger partial charge in [0.05, 0.1) is 45.1 Å². The normalized spacial score (nSPS) is 11.8. The molecule has 14 heteroatoms. The molecule has 0 unspecified atom stereocenters. The topological polar surface area (TPSA) is 167 Å². The second kappa shape index (κ2) is 11.1. The third kappa shape index (κ3) is 6.76. The van der Waals surface area contributed by atoms with Crippen LogP contribution in [0.25, 0.3) is 6.08 Å². The molecule has 0 aliphatic rings. The Morgan fingerprint density at radius 1 is 0.912 bits per heavy atom. The van der Waals surface area contributed by atoms with Crippen LogP contribution in [0.15, 0.2) is 40.6 Å². The van der Waals surface area contributed by atoms with Gasteiger partial charge in [-0.2, -0.15) is 4.72 Å². The smallest absolute Gasteiger partial charge is 0.318 e. The molecule has 0 heterocycles. The minimum Gasteiger partial charge on any atom is -0.497 e. The molecule has 0 aliphatic heterocycles. The Morgan fingerprint density at radius 2 is 1.50 bits per heavy atom. The first-order valence-corrected chi connectivity index (χ1v) is 12.4. The molecule has 12 nitrogen and oxygen atoms in total. The lowest BCUT2D eigenvalue weighted by Crippen LogP contribution is -2.30. The fourth-order valence-corrected chi connectivity index (χ4v) is 4.79. The number of methoxy groups -OCH3 is 4. The minimum absolute atomic E-state index is 0.113. The van der Waals surface area contributed by atoms with E-state index in [2.05, 4.69) is 4.72 Å². The van der Waals surface area contributed by atoms with Crippen molar-refractivity contribution < 1.29 is 45.7 Å². The summed E-state index contributed by atoms with van der Waals surface area (Å²) in [5, 5.41) is 9.57. The second-order valence-electron chi connectivity index (χ2n) is 6.48. The van der Waals surface area contributed by atoms with Crippen LogP contribution in [0.3, 0.4) is 0 Å². The number of anilines is 1. The lowest BCUT2D eigenvalue weighted by atomic mass is 10.1. The molecule has 0 aromatic heterocycles. The number of benzene rings is 2. The first-order valence-electron chi connectivity index (χ1n) is 9.36. The van der Waals surface area contributed by atoms with E-state index in [-0.39, 0.29) is 22.9 Å². The van der Waals surface area contributed by atoms with Crippen LogP contribution in [-0.4, -0.2) is 62.9 Å². The van der Waals surface area contributed by atoms with E-state index in [0.29, 0.717) is 11.3 Å². The fraction of sp³-hybridized carbons (Fsp3) is 0.250. The third-order valence-electron chi connectivity index (χ3n) is 4.31. The number of carbonyl (C=O) groups is 1. The summed E-state index contributed by atoms with van der Waals surface area (Å²) in [7, 11) is -3.15. The Balaban J connectivity index is 2.46. The lowest BCUT2D eigenvalue weighted by molar-refractivity contribution is -0.135. The van der Waals surface area contributed by atoms with Crippen molar-refractivity contribution in [3.8, 4) is 23.0 Å². The van der Waals surface area contributed by atoms with Crippen LogP contribution in [-0.2, 0) is 24.8 Å². The predicted molar refractivity (Wildman–Crippen MR) is 123 cm³/mol. The minimum atomic E-state index is -4.40. The number of nitrogens with one attached hydrogen (secondary N) is 2. The Kier molecular flexibility index (Phi) is 8.73. The summed E-state index contributed by atoms with van der Waals surface area (Å²) in [6.45, 7) is -0.900. The quantitative estimate of drug-likeness (QED) is 0.376. The van der Waals surface area contributed by atoms with E-state index >= 15 is 0 Å². The van der Waals surface area contributed by atoms with Gasteiger partial charge in [0.2, 0.25) is 10.0 Å². The van der Waals surface area contributed by atoms with E-state index in [1.165, 1.54) is 58.8 Å².